The normalized spacial score (nSPS) is 10.6. The van der Waals surface area contributed by atoms with E-state index in [-0.39, 0.29) is 5.91 Å². The van der Waals surface area contributed by atoms with E-state index in [1.54, 1.807) is 36.5 Å². The van der Waals surface area contributed by atoms with Crippen molar-refractivity contribution in [2.24, 2.45) is 7.05 Å². The molecule has 3 aromatic heterocycles. The maximum absolute atomic E-state index is 12.2. The molecule has 0 aliphatic heterocycles. The number of rotatable bonds is 4. The first-order valence-electron chi connectivity index (χ1n) is 6.90. The second-order valence-corrected chi connectivity index (χ2v) is 5.04. The van der Waals surface area contributed by atoms with Crippen LogP contribution in [-0.2, 0) is 13.6 Å². The summed E-state index contributed by atoms with van der Waals surface area (Å²) >= 11 is 0. The summed E-state index contributed by atoms with van der Waals surface area (Å²) in [6.45, 7) is 2.25. The van der Waals surface area contributed by atoms with Gasteiger partial charge in [-0.1, -0.05) is 0 Å². The van der Waals surface area contributed by atoms with E-state index in [9.17, 15) is 4.79 Å². The van der Waals surface area contributed by atoms with Crippen LogP contribution < -0.4 is 5.32 Å². The Morgan fingerprint density at radius 2 is 2.23 bits per heavy atom. The molecule has 1 amide bonds. The zero-order valence-corrected chi connectivity index (χ0v) is 12.4. The number of aromatic nitrogens is 3. The van der Waals surface area contributed by atoms with Crippen molar-refractivity contribution in [2.75, 3.05) is 0 Å². The minimum atomic E-state index is -0.161. The predicted molar refractivity (Wildman–Crippen MR) is 81.1 cm³/mol. The van der Waals surface area contributed by atoms with Gasteiger partial charge < -0.3 is 9.73 Å². The number of aryl methyl sites for hydroxylation is 2. The van der Waals surface area contributed by atoms with Gasteiger partial charge >= 0.3 is 0 Å². The molecule has 6 nitrogen and oxygen atoms in total. The summed E-state index contributed by atoms with van der Waals surface area (Å²) in [7, 11) is 1.75. The molecule has 0 atom stereocenters. The quantitative estimate of drug-likeness (QED) is 0.802. The summed E-state index contributed by atoms with van der Waals surface area (Å²) in [5.74, 6) is 0.592. The highest BCUT2D eigenvalue weighted by atomic mass is 16.3. The summed E-state index contributed by atoms with van der Waals surface area (Å²) in [5, 5.41) is 7.04. The van der Waals surface area contributed by atoms with E-state index in [0.717, 1.165) is 22.6 Å². The van der Waals surface area contributed by atoms with Gasteiger partial charge in [-0.15, -0.1) is 0 Å². The van der Waals surface area contributed by atoms with Gasteiger partial charge in [0.1, 0.15) is 11.5 Å². The number of nitrogens with zero attached hydrogens (tertiary/aromatic N) is 3. The second kappa shape index (κ2) is 5.85. The smallest absolute Gasteiger partial charge is 0.269 e. The van der Waals surface area contributed by atoms with Gasteiger partial charge in [-0.2, -0.15) is 5.10 Å². The number of nitrogens with one attached hydrogen (secondary N) is 1. The van der Waals surface area contributed by atoms with Crippen molar-refractivity contribution in [3.05, 3.63) is 59.9 Å². The first-order valence-corrected chi connectivity index (χ1v) is 6.90. The summed E-state index contributed by atoms with van der Waals surface area (Å²) in [5.41, 5.74) is 3.14. The molecule has 1 N–H and O–H groups in total. The van der Waals surface area contributed by atoms with Gasteiger partial charge in [-0.3, -0.25) is 14.5 Å². The topological polar surface area (TPSA) is 73.0 Å². The molecular weight excluding hydrogens is 280 g/mol. The second-order valence-electron chi connectivity index (χ2n) is 5.04. The van der Waals surface area contributed by atoms with Crippen molar-refractivity contribution >= 4 is 5.91 Å². The van der Waals surface area contributed by atoms with Crippen LogP contribution in [0.1, 0.15) is 21.7 Å². The third kappa shape index (κ3) is 2.90. The molecule has 22 heavy (non-hydrogen) atoms. The van der Waals surface area contributed by atoms with E-state index in [0.29, 0.717) is 12.2 Å². The van der Waals surface area contributed by atoms with E-state index in [4.69, 9.17) is 4.42 Å². The summed E-state index contributed by atoms with van der Waals surface area (Å²) < 4.78 is 6.92. The van der Waals surface area contributed by atoms with Gasteiger partial charge in [0.05, 0.1) is 12.0 Å². The number of amides is 1. The summed E-state index contributed by atoms with van der Waals surface area (Å²) in [6.07, 6.45) is 5.07. The fraction of sp³-hybridized carbons (Fsp3) is 0.188. The Balaban J connectivity index is 1.70. The Labute approximate surface area is 127 Å². The average Bonchev–Trinajstić information content (AvgIpc) is 3.15. The Morgan fingerprint density at radius 3 is 2.91 bits per heavy atom. The van der Waals surface area contributed by atoms with Crippen LogP contribution in [0.4, 0.5) is 0 Å². The van der Waals surface area contributed by atoms with Crippen LogP contribution in [0.15, 0.2) is 47.3 Å². The van der Waals surface area contributed by atoms with Crippen LogP contribution in [0.25, 0.3) is 11.3 Å². The molecule has 0 fully saturated rings. The highest BCUT2D eigenvalue weighted by molar-refractivity contribution is 5.92. The number of hydrogen-bond acceptors (Lipinski definition) is 4. The third-order valence-electron chi connectivity index (χ3n) is 3.29. The Hall–Kier alpha value is -2.89. The number of hydrogen-bond donors (Lipinski definition) is 1. The highest BCUT2D eigenvalue weighted by Crippen LogP contribution is 2.19. The zero-order valence-electron chi connectivity index (χ0n) is 12.4. The van der Waals surface area contributed by atoms with Crippen molar-refractivity contribution in [3.63, 3.8) is 0 Å². The SMILES string of the molecule is Cc1cc(C(=O)NCc2cncc(-c3ccco3)c2)n(C)n1. The standard InChI is InChI=1S/C16H16N4O2/c1-11-6-14(20(2)19-11)16(21)18-9-12-7-13(10-17-8-12)15-4-3-5-22-15/h3-8,10H,9H2,1-2H3,(H,18,21). The van der Waals surface area contributed by atoms with E-state index in [1.165, 1.54) is 0 Å². The van der Waals surface area contributed by atoms with E-state index < -0.39 is 0 Å². The lowest BCUT2D eigenvalue weighted by Gasteiger charge is -2.06. The van der Waals surface area contributed by atoms with Gasteiger partial charge in [0.2, 0.25) is 0 Å². The lowest BCUT2D eigenvalue weighted by atomic mass is 10.1. The largest absolute Gasteiger partial charge is 0.464 e. The molecule has 0 aromatic carbocycles. The number of pyridine rings is 1. The maximum Gasteiger partial charge on any atom is 0.269 e. The number of carbonyl (C=O) groups is 1. The van der Waals surface area contributed by atoms with Gasteiger partial charge in [0.25, 0.3) is 5.91 Å². The van der Waals surface area contributed by atoms with Crippen molar-refractivity contribution < 1.29 is 9.21 Å². The fourth-order valence-electron chi connectivity index (χ4n) is 2.26. The first-order chi connectivity index (χ1) is 10.6. The summed E-state index contributed by atoms with van der Waals surface area (Å²) in [4.78, 5) is 16.3. The average molecular weight is 296 g/mol. The minimum absolute atomic E-state index is 0.161. The third-order valence-corrected chi connectivity index (χ3v) is 3.29. The predicted octanol–water partition coefficient (Wildman–Crippen LogP) is 2.31. The molecule has 3 heterocycles. The van der Waals surface area contributed by atoms with Gasteiger partial charge in [0, 0.05) is 31.5 Å². The zero-order chi connectivity index (χ0) is 15.5. The Bertz CT molecular complexity index is 790. The molecule has 0 aliphatic rings. The molecule has 0 aliphatic carbocycles. The van der Waals surface area contributed by atoms with Crippen molar-refractivity contribution in [1.29, 1.82) is 0 Å². The van der Waals surface area contributed by atoms with Gasteiger partial charge in [-0.25, -0.2) is 0 Å². The van der Waals surface area contributed by atoms with E-state index >= 15 is 0 Å². The number of carbonyl (C=O) groups excluding carboxylic acids is 1. The minimum Gasteiger partial charge on any atom is -0.464 e. The molecule has 0 unspecified atom stereocenters. The Kier molecular flexibility index (Phi) is 3.74. The van der Waals surface area contributed by atoms with Crippen LogP contribution >= 0.6 is 0 Å². The molecule has 6 heteroatoms. The molecular formula is C16H16N4O2. The fourth-order valence-corrected chi connectivity index (χ4v) is 2.26. The van der Waals surface area contributed by atoms with Crippen LogP contribution in [0.5, 0.6) is 0 Å². The van der Waals surface area contributed by atoms with Crippen molar-refractivity contribution in [3.8, 4) is 11.3 Å². The van der Waals surface area contributed by atoms with Crippen molar-refractivity contribution in [2.45, 2.75) is 13.5 Å². The number of furan rings is 1. The van der Waals surface area contributed by atoms with E-state index in [2.05, 4.69) is 15.4 Å². The summed E-state index contributed by atoms with van der Waals surface area (Å²) in [6, 6.07) is 7.40. The lowest BCUT2D eigenvalue weighted by molar-refractivity contribution is 0.0941. The first kappa shape index (κ1) is 14.1. The van der Waals surface area contributed by atoms with Crippen LogP contribution in [0, 0.1) is 6.92 Å². The molecule has 0 spiro atoms. The molecule has 0 saturated heterocycles. The molecule has 0 bridgehead atoms. The van der Waals surface area contributed by atoms with Crippen molar-refractivity contribution in [1.82, 2.24) is 20.1 Å². The van der Waals surface area contributed by atoms with E-state index in [1.807, 2.05) is 25.1 Å². The molecule has 112 valence electrons. The Morgan fingerprint density at radius 1 is 1.36 bits per heavy atom. The molecule has 3 aromatic rings. The molecule has 0 radical (unpaired) electrons. The van der Waals surface area contributed by atoms with Gasteiger partial charge in [0.15, 0.2) is 0 Å². The maximum atomic E-state index is 12.2. The molecule has 3 rings (SSSR count). The van der Waals surface area contributed by atoms with Crippen LogP contribution in [0.2, 0.25) is 0 Å². The van der Waals surface area contributed by atoms with Gasteiger partial charge in [-0.05, 0) is 36.8 Å². The highest BCUT2D eigenvalue weighted by Gasteiger charge is 2.11. The lowest BCUT2D eigenvalue weighted by Crippen LogP contribution is -2.25. The van der Waals surface area contributed by atoms with Crippen LogP contribution in [0.3, 0.4) is 0 Å². The van der Waals surface area contributed by atoms with Crippen LogP contribution in [-0.4, -0.2) is 20.7 Å². The monoisotopic (exact) mass is 296 g/mol. The molecule has 0 saturated carbocycles.